The van der Waals surface area contributed by atoms with Crippen LogP contribution in [-0.2, 0) is 21.0 Å². The fourth-order valence-electron chi connectivity index (χ4n) is 5.70. The molecule has 0 aromatic carbocycles. The van der Waals surface area contributed by atoms with Gasteiger partial charge in [0.05, 0.1) is 5.56 Å². The lowest BCUT2D eigenvalue weighted by Crippen LogP contribution is -2.45. The molecule has 2 amide bonds. The van der Waals surface area contributed by atoms with Crippen molar-refractivity contribution in [3.8, 4) is 11.8 Å². The summed E-state index contributed by atoms with van der Waals surface area (Å²) >= 11 is 5.21. The maximum absolute atomic E-state index is 12.2. The predicted molar refractivity (Wildman–Crippen MR) is 200 cm³/mol. The second-order valence-electron chi connectivity index (χ2n) is 15.1. The van der Waals surface area contributed by atoms with Gasteiger partial charge in [0.15, 0.2) is 0 Å². The van der Waals surface area contributed by atoms with Gasteiger partial charge in [-0.2, -0.15) is 8.42 Å². The van der Waals surface area contributed by atoms with E-state index in [1.54, 1.807) is 16.1 Å². The molecule has 296 valence electrons. The summed E-state index contributed by atoms with van der Waals surface area (Å²) in [5.74, 6) is 2.12. The molecule has 0 atom stereocenters. The highest BCUT2D eigenvalue weighted by atomic mass is 35.5. The van der Waals surface area contributed by atoms with Crippen molar-refractivity contribution in [2.24, 2.45) is 0 Å². The third-order valence-electron chi connectivity index (χ3n) is 8.53. The average Bonchev–Trinajstić information content (AvgIpc) is 3.08. The van der Waals surface area contributed by atoms with Crippen molar-refractivity contribution in [1.82, 2.24) is 34.6 Å². The van der Waals surface area contributed by atoms with Crippen LogP contribution >= 0.6 is 11.6 Å². The van der Waals surface area contributed by atoms with E-state index in [0.717, 1.165) is 68.8 Å². The van der Waals surface area contributed by atoms with Gasteiger partial charge < -0.3 is 38.5 Å². The summed E-state index contributed by atoms with van der Waals surface area (Å²) in [5, 5.41) is 0.399. The van der Waals surface area contributed by atoms with Crippen LogP contribution in [0, 0.1) is 13.8 Å². The molecule has 0 N–H and O–H groups in total. The molecule has 5 rings (SSSR count). The fraction of sp³-hybridized carbons (Fsp3) is 0.714. The van der Waals surface area contributed by atoms with E-state index in [4.69, 9.17) is 39.0 Å². The number of aromatic nitrogens is 4. The molecule has 0 unspecified atom stereocenters. The summed E-state index contributed by atoms with van der Waals surface area (Å²) in [6, 6.07) is 0. The Balaban J connectivity index is 0.000000273. The van der Waals surface area contributed by atoms with Crippen LogP contribution in [0.25, 0.3) is 0 Å². The second-order valence-corrected chi connectivity index (χ2v) is 15.6. The number of hydrogen-bond donors (Lipinski definition) is 0. The molecular formula is C35H55ClN8O8S. The monoisotopic (exact) mass is 782 g/mol. The van der Waals surface area contributed by atoms with E-state index in [-0.39, 0.29) is 24.4 Å². The van der Waals surface area contributed by atoms with Gasteiger partial charge in [0.25, 0.3) is 0 Å². The van der Waals surface area contributed by atoms with Gasteiger partial charge in [-0.3, -0.25) is 0 Å². The number of nitrogens with zero attached hydrogens (tertiary/aromatic N) is 8. The number of ether oxygens (including phenoxy) is 4. The number of hydrogen-bond acceptors (Lipinski definition) is 14. The topological polar surface area (TPSA) is 170 Å². The normalized spacial score (nSPS) is 17.4. The SMILES string of the molecule is Cc1c(Cl)ncnc1OC1CCN(C(=O)OC(C)(C)C)CC1.Cc1c(OC2CCN(C(=O)OC(C)(C)C)CC2)ncnc1N1CCN(C)CC1.O=S=O. The van der Waals surface area contributed by atoms with Crippen LogP contribution in [0.4, 0.5) is 15.4 Å². The van der Waals surface area contributed by atoms with Crippen LogP contribution in [0.5, 0.6) is 11.8 Å². The first-order valence-electron chi connectivity index (χ1n) is 17.8. The molecule has 0 bridgehead atoms. The van der Waals surface area contributed by atoms with Gasteiger partial charge in [0.2, 0.25) is 11.8 Å². The zero-order chi connectivity index (χ0) is 39.3. The van der Waals surface area contributed by atoms with E-state index in [9.17, 15) is 9.59 Å². The number of likely N-dealkylation sites (tertiary alicyclic amines) is 2. The Morgan fingerprint density at radius 2 is 1.08 bits per heavy atom. The minimum atomic E-state index is -0.750. The Bertz CT molecular complexity index is 1530. The molecule has 3 aliphatic rings. The summed E-state index contributed by atoms with van der Waals surface area (Å²) in [6.45, 7) is 21.6. The Morgan fingerprint density at radius 3 is 1.49 bits per heavy atom. The largest absolute Gasteiger partial charge is 0.474 e. The Labute approximate surface area is 321 Å². The number of anilines is 1. The van der Waals surface area contributed by atoms with E-state index in [2.05, 4.69) is 36.8 Å². The van der Waals surface area contributed by atoms with Crippen molar-refractivity contribution in [2.45, 2.75) is 104 Å². The van der Waals surface area contributed by atoms with Crippen molar-refractivity contribution < 1.29 is 37.0 Å². The van der Waals surface area contributed by atoms with Gasteiger partial charge in [-0.25, -0.2) is 29.5 Å². The van der Waals surface area contributed by atoms with E-state index < -0.39 is 22.8 Å². The molecule has 53 heavy (non-hydrogen) atoms. The van der Waals surface area contributed by atoms with Gasteiger partial charge >= 0.3 is 23.8 Å². The quantitative estimate of drug-likeness (QED) is 0.377. The van der Waals surface area contributed by atoms with Crippen molar-refractivity contribution >= 4 is 41.2 Å². The molecular weight excluding hydrogens is 728 g/mol. The minimum Gasteiger partial charge on any atom is -0.474 e. The van der Waals surface area contributed by atoms with Gasteiger partial charge in [0, 0.05) is 83.6 Å². The number of piperidine rings is 2. The summed E-state index contributed by atoms with van der Waals surface area (Å²) in [6.07, 6.45) is 5.54. The second kappa shape index (κ2) is 20.0. The zero-order valence-electron chi connectivity index (χ0n) is 32.4. The third-order valence-corrected chi connectivity index (χ3v) is 8.92. The third kappa shape index (κ3) is 14.5. The first-order chi connectivity index (χ1) is 24.9. The van der Waals surface area contributed by atoms with Crippen LogP contribution in [0.15, 0.2) is 12.7 Å². The molecule has 0 spiro atoms. The van der Waals surface area contributed by atoms with Crippen molar-refractivity contribution in [3.63, 3.8) is 0 Å². The fourth-order valence-corrected chi connectivity index (χ4v) is 5.82. The van der Waals surface area contributed by atoms with Gasteiger partial charge in [-0.1, -0.05) is 11.6 Å². The average molecular weight is 783 g/mol. The number of likely N-dealkylation sites (N-methyl/N-ethyl adjacent to an activating group) is 1. The van der Waals surface area contributed by atoms with Crippen LogP contribution in [-0.4, -0.2) is 138 Å². The smallest absolute Gasteiger partial charge is 0.410 e. The summed E-state index contributed by atoms with van der Waals surface area (Å²) in [4.78, 5) is 49.2. The zero-order valence-corrected chi connectivity index (χ0v) is 34.0. The van der Waals surface area contributed by atoms with E-state index in [1.807, 2.05) is 55.4 Å². The number of carbonyl (C=O) groups is 2. The highest BCUT2D eigenvalue weighted by Crippen LogP contribution is 2.28. The number of amides is 2. The molecule has 3 fully saturated rings. The Kier molecular flexibility index (Phi) is 16.5. The predicted octanol–water partition coefficient (Wildman–Crippen LogP) is 4.86. The molecule has 0 aliphatic carbocycles. The lowest BCUT2D eigenvalue weighted by Gasteiger charge is -2.35. The van der Waals surface area contributed by atoms with Crippen LogP contribution in [0.2, 0.25) is 5.15 Å². The summed E-state index contributed by atoms with van der Waals surface area (Å²) in [7, 11) is 2.14. The van der Waals surface area contributed by atoms with Crippen molar-refractivity contribution in [1.29, 1.82) is 0 Å². The van der Waals surface area contributed by atoms with Gasteiger partial charge in [0.1, 0.15) is 47.0 Å². The molecule has 0 radical (unpaired) electrons. The number of halogens is 1. The van der Waals surface area contributed by atoms with Crippen LogP contribution in [0.3, 0.4) is 0 Å². The molecule has 3 saturated heterocycles. The Hall–Kier alpha value is -3.83. The van der Waals surface area contributed by atoms with E-state index in [1.165, 1.54) is 6.33 Å². The van der Waals surface area contributed by atoms with Crippen molar-refractivity contribution in [2.75, 3.05) is 64.3 Å². The molecule has 2 aromatic heterocycles. The van der Waals surface area contributed by atoms with E-state index >= 15 is 0 Å². The highest BCUT2D eigenvalue weighted by molar-refractivity contribution is 7.51. The maximum Gasteiger partial charge on any atom is 0.410 e. The maximum atomic E-state index is 12.2. The summed E-state index contributed by atoms with van der Waals surface area (Å²) < 4.78 is 39.5. The van der Waals surface area contributed by atoms with Gasteiger partial charge in [-0.05, 0) is 62.4 Å². The highest BCUT2D eigenvalue weighted by Gasteiger charge is 2.30. The molecule has 5 heterocycles. The van der Waals surface area contributed by atoms with Crippen LogP contribution < -0.4 is 14.4 Å². The lowest BCUT2D eigenvalue weighted by molar-refractivity contribution is 0.0111. The number of carbonyl (C=O) groups excluding carboxylic acids is 2. The number of piperazine rings is 1. The van der Waals surface area contributed by atoms with Gasteiger partial charge in [-0.15, -0.1) is 0 Å². The van der Waals surface area contributed by atoms with Crippen LogP contribution in [0.1, 0.15) is 78.4 Å². The minimum absolute atomic E-state index is 0.0170. The molecule has 2 aromatic rings. The Morgan fingerprint density at radius 1 is 0.679 bits per heavy atom. The standard InChI is InChI=1S/C20H33N5O3.C15H22ClN3O3.O2S/c1-15-17(24-12-10-23(5)11-13-24)21-14-22-18(15)27-16-6-8-25(9-7-16)19(26)28-20(2,3)4;1-10-12(16)17-9-18-13(10)21-11-5-7-19(8-6-11)14(20)22-15(2,3)4;1-3-2/h14,16H,6-13H2,1-5H3;9,11H,5-8H2,1-4H3;. The summed E-state index contributed by atoms with van der Waals surface area (Å²) in [5.41, 5.74) is 0.780. The molecule has 3 aliphatic heterocycles. The first-order valence-corrected chi connectivity index (χ1v) is 18.9. The van der Waals surface area contributed by atoms with Crippen molar-refractivity contribution in [3.05, 3.63) is 28.9 Å². The molecule has 16 nitrogen and oxygen atoms in total. The molecule has 0 saturated carbocycles. The van der Waals surface area contributed by atoms with E-state index in [0.29, 0.717) is 43.1 Å². The first kappa shape index (κ1) is 43.6. The molecule has 18 heteroatoms. The number of rotatable bonds is 5. The lowest BCUT2D eigenvalue weighted by atomic mass is 10.1.